The lowest BCUT2D eigenvalue weighted by Crippen LogP contribution is -2.43. The van der Waals surface area contributed by atoms with Crippen LogP contribution in [-0.4, -0.2) is 41.4 Å². The van der Waals surface area contributed by atoms with Crippen LogP contribution < -0.4 is 15.5 Å². The fourth-order valence-corrected chi connectivity index (χ4v) is 2.04. The third-order valence-electron chi connectivity index (χ3n) is 3.04. The molecule has 0 atom stereocenters. The Bertz CT molecular complexity index is 506. The molecule has 2 N–H and O–H groups in total. The van der Waals surface area contributed by atoms with Crippen LogP contribution >= 0.6 is 0 Å². The summed E-state index contributed by atoms with van der Waals surface area (Å²) in [5, 5.41) is 15.0. The summed E-state index contributed by atoms with van der Waals surface area (Å²) in [5.74, 6) is 1.67. The van der Waals surface area contributed by atoms with Gasteiger partial charge in [0.15, 0.2) is 11.6 Å². The molecule has 0 aromatic carbocycles. The van der Waals surface area contributed by atoms with E-state index in [4.69, 9.17) is 0 Å². The van der Waals surface area contributed by atoms with Crippen molar-refractivity contribution >= 4 is 17.3 Å². The van der Waals surface area contributed by atoms with E-state index in [9.17, 15) is 0 Å². The summed E-state index contributed by atoms with van der Waals surface area (Å²) in [6.45, 7) is 3.95. The smallest absolute Gasteiger partial charge is 0.153 e. The van der Waals surface area contributed by atoms with Crippen molar-refractivity contribution in [1.29, 1.82) is 0 Å². The molecule has 0 amide bonds. The van der Waals surface area contributed by atoms with Gasteiger partial charge in [-0.05, 0) is 24.3 Å². The van der Waals surface area contributed by atoms with Crippen LogP contribution in [0.25, 0.3) is 0 Å². The molecule has 0 aliphatic carbocycles. The predicted octanol–water partition coefficient (Wildman–Crippen LogP) is 1.02. The van der Waals surface area contributed by atoms with Crippen LogP contribution in [0, 0.1) is 0 Å². The van der Waals surface area contributed by atoms with Crippen molar-refractivity contribution in [1.82, 2.24) is 20.5 Å². The van der Waals surface area contributed by atoms with Crippen molar-refractivity contribution < 1.29 is 0 Å². The van der Waals surface area contributed by atoms with Crippen molar-refractivity contribution in [2.24, 2.45) is 0 Å². The Balaban J connectivity index is 1.68. The molecule has 3 heterocycles. The number of nitrogens with one attached hydrogen (secondary N) is 2. The van der Waals surface area contributed by atoms with Crippen molar-refractivity contribution in [2.45, 2.75) is 0 Å². The van der Waals surface area contributed by atoms with Crippen molar-refractivity contribution in [3.63, 3.8) is 0 Å². The highest BCUT2D eigenvalue weighted by Gasteiger charge is 2.11. The molecule has 0 radical (unpaired) electrons. The summed E-state index contributed by atoms with van der Waals surface area (Å²) in [4.78, 5) is 6.21. The lowest BCUT2D eigenvalue weighted by molar-refractivity contribution is 0.583. The zero-order chi connectivity index (χ0) is 12.9. The lowest BCUT2D eigenvalue weighted by Gasteiger charge is -2.27. The molecule has 2 aromatic rings. The Morgan fingerprint density at radius 2 is 1.79 bits per heavy atom. The van der Waals surface area contributed by atoms with Gasteiger partial charge in [0.1, 0.15) is 0 Å². The van der Waals surface area contributed by atoms with Gasteiger partial charge in [0.25, 0.3) is 0 Å². The molecule has 3 rings (SSSR count). The summed E-state index contributed by atoms with van der Waals surface area (Å²) in [6.07, 6.45) is 3.48. The molecule has 1 aliphatic rings. The van der Waals surface area contributed by atoms with Crippen LogP contribution in [0.2, 0.25) is 0 Å². The second kappa shape index (κ2) is 5.62. The van der Waals surface area contributed by atoms with Gasteiger partial charge in [-0.15, -0.1) is 10.2 Å². The highest BCUT2D eigenvalue weighted by Crippen LogP contribution is 2.15. The molecular weight excluding hydrogens is 240 g/mol. The quantitative estimate of drug-likeness (QED) is 0.855. The van der Waals surface area contributed by atoms with E-state index in [1.54, 1.807) is 12.4 Å². The normalized spacial score (nSPS) is 15.3. The van der Waals surface area contributed by atoms with E-state index < -0.39 is 0 Å². The minimum absolute atomic E-state index is 0.741. The molecule has 1 fully saturated rings. The van der Waals surface area contributed by atoms with E-state index in [-0.39, 0.29) is 0 Å². The molecular formula is C13H16N6. The number of piperazine rings is 1. The average molecular weight is 256 g/mol. The van der Waals surface area contributed by atoms with Crippen molar-refractivity contribution in [3.05, 3.63) is 36.7 Å². The number of pyridine rings is 1. The molecule has 0 spiro atoms. The van der Waals surface area contributed by atoms with Gasteiger partial charge >= 0.3 is 0 Å². The van der Waals surface area contributed by atoms with Crippen molar-refractivity contribution in [2.75, 3.05) is 36.4 Å². The van der Waals surface area contributed by atoms with Crippen molar-refractivity contribution in [3.8, 4) is 0 Å². The fraction of sp³-hybridized carbons (Fsp3) is 0.308. The number of nitrogens with zero attached hydrogens (tertiary/aromatic N) is 4. The molecule has 19 heavy (non-hydrogen) atoms. The monoisotopic (exact) mass is 256 g/mol. The van der Waals surface area contributed by atoms with Gasteiger partial charge in [-0.2, -0.15) is 0 Å². The Kier molecular flexibility index (Phi) is 3.51. The summed E-state index contributed by atoms with van der Waals surface area (Å²) >= 11 is 0. The fourth-order valence-electron chi connectivity index (χ4n) is 2.04. The summed E-state index contributed by atoms with van der Waals surface area (Å²) in [6, 6.07) is 7.74. The van der Waals surface area contributed by atoms with Crippen LogP contribution in [0.5, 0.6) is 0 Å². The highest BCUT2D eigenvalue weighted by atomic mass is 15.3. The molecule has 6 nitrogen and oxygen atoms in total. The zero-order valence-electron chi connectivity index (χ0n) is 10.6. The Morgan fingerprint density at radius 3 is 2.47 bits per heavy atom. The average Bonchev–Trinajstić information content (AvgIpc) is 2.50. The maximum Gasteiger partial charge on any atom is 0.153 e. The Hall–Kier alpha value is -2.21. The molecule has 98 valence electrons. The number of aromatic nitrogens is 3. The Morgan fingerprint density at radius 1 is 1.00 bits per heavy atom. The predicted molar refractivity (Wildman–Crippen MR) is 74.6 cm³/mol. The largest absolute Gasteiger partial charge is 0.353 e. The van der Waals surface area contributed by atoms with Gasteiger partial charge in [0.05, 0.1) is 0 Å². The summed E-state index contributed by atoms with van der Waals surface area (Å²) < 4.78 is 0. The van der Waals surface area contributed by atoms with Gasteiger partial charge in [0.2, 0.25) is 0 Å². The molecule has 1 aliphatic heterocycles. The van der Waals surface area contributed by atoms with Gasteiger partial charge in [-0.3, -0.25) is 4.98 Å². The van der Waals surface area contributed by atoms with Crippen LogP contribution in [0.4, 0.5) is 17.3 Å². The first-order valence-electron chi connectivity index (χ1n) is 6.38. The standard InChI is InChI=1S/C13H16N6/c1-2-13(19-9-7-15-8-10-19)18-17-12(1)16-11-3-5-14-6-4-11/h1-6,15H,7-10H2,(H,14,16,17). The first-order valence-corrected chi connectivity index (χ1v) is 6.38. The third-order valence-corrected chi connectivity index (χ3v) is 3.04. The summed E-state index contributed by atoms with van der Waals surface area (Å²) in [7, 11) is 0. The van der Waals surface area contributed by atoms with E-state index in [1.807, 2.05) is 24.3 Å². The van der Waals surface area contributed by atoms with E-state index in [1.165, 1.54) is 0 Å². The summed E-state index contributed by atoms with van der Waals surface area (Å²) in [5.41, 5.74) is 0.958. The van der Waals surface area contributed by atoms with E-state index in [0.717, 1.165) is 43.5 Å². The zero-order valence-corrected chi connectivity index (χ0v) is 10.6. The maximum absolute atomic E-state index is 4.27. The highest BCUT2D eigenvalue weighted by molar-refractivity contribution is 5.55. The first kappa shape index (κ1) is 11.9. The SMILES string of the molecule is c1cc(Nc2ccc(N3CCNCC3)nn2)ccn1. The van der Waals surface area contributed by atoms with Crippen LogP contribution in [-0.2, 0) is 0 Å². The Labute approximate surface area is 111 Å². The lowest BCUT2D eigenvalue weighted by atomic mass is 10.3. The van der Waals surface area contributed by atoms with Gasteiger partial charge in [-0.1, -0.05) is 0 Å². The number of rotatable bonds is 3. The molecule has 1 saturated heterocycles. The minimum Gasteiger partial charge on any atom is -0.353 e. The van der Waals surface area contributed by atoms with Crippen LogP contribution in [0.3, 0.4) is 0 Å². The number of hydrogen-bond donors (Lipinski definition) is 2. The minimum atomic E-state index is 0.741. The molecule has 2 aromatic heterocycles. The first-order chi connectivity index (χ1) is 9.42. The maximum atomic E-state index is 4.27. The molecule has 0 saturated carbocycles. The van der Waals surface area contributed by atoms with Gasteiger partial charge < -0.3 is 15.5 Å². The topological polar surface area (TPSA) is 66.0 Å². The third kappa shape index (κ3) is 2.97. The van der Waals surface area contributed by atoms with E-state index >= 15 is 0 Å². The number of anilines is 3. The van der Waals surface area contributed by atoms with Crippen LogP contribution in [0.1, 0.15) is 0 Å². The van der Waals surface area contributed by atoms with Crippen LogP contribution in [0.15, 0.2) is 36.7 Å². The molecule has 0 bridgehead atoms. The number of hydrogen-bond acceptors (Lipinski definition) is 6. The van der Waals surface area contributed by atoms with E-state index in [2.05, 4.69) is 30.7 Å². The van der Waals surface area contributed by atoms with E-state index in [0.29, 0.717) is 0 Å². The second-order valence-electron chi connectivity index (χ2n) is 4.37. The van der Waals surface area contributed by atoms with Gasteiger partial charge in [0, 0.05) is 44.3 Å². The molecule has 0 unspecified atom stereocenters. The molecule has 6 heteroatoms. The second-order valence-corrected chi connectivity index (χ2v) is 4.37. The van der Waals surface area contributed by atoms with Gasteiger partial charge in [-0.25, -0.2) is 0 Å².